The fraction of sp³-hybridized carbons (Fsp3) is 0.409. The van der Waals surface area contributed by atoms with Crippen molar-refractivity contribution in [3.8, 4) is 0 Å². The van der Waals surface area contributed by atoms with Crippen molar-refractivity contribution < 1.29 is 4.79 Å². The Kier molecular flexibility index (Phi) is 7.75. The number of amides is 1. The summed E-state index contributed by atoms with van der Waals surface area (Å²) in [5.74, 6) is 0.937. The van der Waals surface area contributed by atoms with E-state index in [1.165, 1.54) is 10.5 Å². The van der Waals surface area contributed by atoms with E-state index >= 15 is 0 Å². The highest BCUT2D eigenvalue weighted by Gasteiger charge is 2.13. The number of likely N-dealkylation sites (N-methyl/N-ethyl adjacent to an activating group) is 1. The largest absolute Gasteiger partial charge is 0.352 e. The summed E-state index contributed by atoms with van der Waals surface area (Å²) in [6, 6.07) is 18.3. The molecule has 3 rings (SSSR count). The second-order valence-electron chi connectivity index (χ2n) is 7.05. The lowest BCUT2D eigenvalue weighted by atomic mass is 10.1. The minimum atomic E-state index is 0.0237. The quantitative estimate of drug-likeness (QED) is 0.560. The number of hydrogen-bond acceptors (Lipinski definition) is 4. The number of nitrogens with zero attached hydrogens (tertiary/aromatic N) is 2. The Morgan fingerprint density at radius 1 is 1.00 bits per heavy atom. The van der Waals surface area contributed by atoms with Crippen LogP contribution in [0.4, 0.5) is 0 Å². The second kappa shape index (κ2) is 10.5. The van der Waals surface area contributed by atoms with Crippen LogP contribution in [0.2, 0.25) is 0 Å². The van der Waals surface area contributed by atoms with Crippen LogP contribution in [0.3, 0.4) is 0 Å². The molecule has 1 aliphatic heterocycles. The zero-order chi connectivity index (χ0) is 18.9. The summed E-state index contributed by atoms with van der Waals surface area (Å²) in [5, 5.41) is 3.04. The normalized spacial score (nSPS) is 15.6. The Morgan fingerprint density at radius 2 is 1.70 bits per heavy atom. The van der Waals surface area contributed by atoms with Gasteiger partial charge in [0.15, 0.2) is 0 Å². The summed E-state index contributed by atoms with van der Waals surface area (Å²) < 4.78 is 0. The lowest BCUT2D eigenvalue weighted by molar-refractivity contribution is 0.0949. The molecule has 2 aromatic carbocycles. The van der Waals surface area contributed by atoms with Crippen molar-refractivity contribution in [1.29, 1.82) is 0 Å². The summed E-state index contributed by atoms with van der Waals surface area (Å²) in [6.07, 6.45) is 1.00. The van der Waals surface area contributed by atoms with Crippen LogP contribution in [0.1, 0.15) is 22.3 Å². The van der Waals surface area contributed by atoms with Crippen LogP contribution in [-0.2, 0) is 5.75 Å². The van der Waals surface area contributed by atoms with E-state index in [0.717, 1.165) is 57.0 Å². The van der Waals surface area contributed by atoms with Gasteiger partial charge in [0.1, 0.15) is 0 Å². The van der Waals surface area contributed by atoms with Crippen LogP contribution in [0.15, 0.2) is 59.5 Å². The maximum absolute atomic E-state index is 12.3. The number of thioether (sulfide) groups is 1. The first-order chi connectivity index (χ1) is 13.2. The van der Waals surface area contributed by atoms with Gasteiger partial charge < -0.3 is 15.1 Å². The van der Waals surface area contributed by atoms with Crippen molar-refractivity contribution in [3.05, 3.63) is 65.7 Å². The molecule has 2 aromatic rings. The van der Waals surface area contributed by atoms with Gasteiger partial charge in [0.05, 0.1) is 0 Å². The number of piperazine rings is 1. The number of carbonyl (C=O) groups excluding carboxylic acids is 1. The van der Waals surface area contributed by atoms with E-state index in [2.05, 4.69) is 58.6 Å². The summed E-state index contributed by atoms with van der Waals surface area (Å²) in [5.41, 5.74) is 1.97. The molecule has 1 fully saturated rings. The lowest BCUT2D eigenvalue weighted by Crippen LogP contribution is -2.45. The second-order valence-corrected chi connectivity index (χ2v) is 8.10. The van der Waals surface area contributed by atoms with Crippen molar-refractivity contribution >= 4 is 17.7 Å². The summed E-state index contributed by atoms with van der Waals surface area (Å²) in [7, 11) is 2.17. The van der Waals surface area contributed by atoms with Gasteiger partial charge in [-0.25, -0.2) is 0 Å². The summed E-state index contributed by atoms with van der Waals surface area (Å²) in [6.45, 7) is 6.34. The fourth-order valence-electron chi connectivity index (χ4n) is 3.11. The molecule has 0 radical (unpaired) electrons. The Bertz CT molecular complexity index is 697. The van der Waals surface area contributed by atoms with Crippen LogP contribution >= 0.6 is 11.8 Å². The zero-order valence-electron chi connectivity index (χ0n) is 16.1. The van der Waals surface area contributed by atoms with E-state index in [1.807, 2.05) is 30.0 Å². The summed E-state index contributed by atoms with van der Waals surface area (Å²) >= 11 is 1.81. The molecule has 1 heterocycles. The van der Waals surface area contributed by atoms with Gasteiger partial charge in [-0.15, -0.1) is 11.8 Å². The molecule has 1 saturated heterocycles. The van der Waals surface area contributed by atoms with Crippen LogP contribution in [-0.4, -0.2) is 62.0 Å². The number of nitrogens with one attached hydrogen (secondary N) is 1. The average molecular weight is 384 g/mol. The van der Waals surface area contributed by atoms with Crippen molar-refractivity contribution in [2.75, 3.05) is 46.3 Å². The monoisotopic (exact) mass is 383 g/mol. The highest BCUT2D eigenvalue weighted by atomic mass is 32.2. The van der Waals surface area contributed by atoms with E-state index in [-0.39, 0.29) is 5.91 Å². The number of rotatable bonds is 8. The zero-order valence-corrected chi connectivity index (χ0v) is 16.9. The highest BCUT2D eigenvalue weighted by molar-refractivity contribution is 7.98. The lowest BCUT2D eigenvalue weighted by Gasteiger charge is -2.32. The number of carbonyl (C=O) groups is 1. The third-order valence-corrected chi connectivity index (χ3v) is 5.98. The third kappa shape index (κ3) is 6.69. The van der Waals surface area contributed by atoms with Crippen LogP contribution in [0.5, 0.6) is 0 Å². The van der Waals surface area contributed by atoms with E-state index < -0.39 is 0 Å². The molecule has 0 spiro atoms. The molecule has 1 aliphatic rings. The first-order valence-corrected chi connectivity index (χ1v) is 10.7. The molecule has 1 N–H and O–H groups in total. The minimum Gasteiger partial charge on any atom is -0.352 e. The molecule has 0 saturated carbocycles. The third-order valence-electron chi connectivity index (χ3n) is 4.90. The van der Waals surface area contributed by atoms with E-state index in [1.54, 1.807) is 0 Å². The molecule has 4 nitrogen and oxygen atoms in total. The highest BCUT2D eigenvalue weighted by Crippen LogP contribution is 2.22. The summed E-state index contributed by atoms with van der Waals surface area (Å²) in [4.78, 5) is 18.4. The maximum Gasteiger partial charge on any atom is 0.251 e. The molecule has 144 valence electrons. The van der Waals surface area contributed by atoms with Gasteiger partial charge in [-0.2, -0.15) is 0 Å². The van der Waals surface area contributed by atoms with Crippen LogP contribution < -0.4 is 5.32 Å². The topological polar surface area (TPSA) is 35.6 Å². The van der Waals surface area contributed by atoms with Crippen molar-refractivity contribution in [3.63, 3.8) is 0 Å². The molecule has 0 bridgehead atoms. The van der Waals surface area contributed by atoms with Crippen LogP contribution in [0, 0.1) is 0 Å². The molecule has 0 atom stereocenters. The Hall–Kier alpha value is -1.82. The van der Waals surface area contributed by atoms with Gasteiger partial charge >= 0.3 is 0 Å². The fourth-order valence-corrected chi connectivity index (χ4v) is 3.99. The van der Waals surface area contributed by atoms with Gasteiger partial charge in [-0.05, 0) is 49.8 Å². The maximum atomic E-state index is 12.3. The van der Waals surface area contributed by atoms with Gasteiger partial charge in [0.2, 0.25) is 0 Å². The van der Waals surface area contributed by atoms with Crippen molar-refractivity contribution in [1.82, 2.24) is 15.1 Å². The molecule has 27 heavy (non-hydrogen) atoms. The van der Waals surface area contributed by atoms with E-state index in [0.29, 0.717) is 0 Å². The molecular weight excluding hydrogens is 354 g/mol. The first kappa shape index (κ1) is 19.9. The predicted octanol–water partition coefficient (Wildman–Crippen LogP) is 3.35. The molecule has 0 aromatic heterocycles. The number of hydrogen-bond donors (Lipinski definition) is 1. The number of benzene rings is 2. The molecular formula is C22H29N3OS. The van der Waals surface area contributed by atoms with Gasteiger partial charge in [0.25, 0.3) is 5.91 Å². The molecule has 0 unspecified atom stereocenters. The van der Waals surface area contributed by atoms with Crippen LogP contribution in [0.25, 0.3) is 0 Å². The van der Waals surface area contributed by atoms with E-state index in [4.69, 9.17) is 0 Å². The Morgan fingerprint density at radius 3 is 2.41 bits per heavy atom. The molecule has 5 heteroatoms. The Labute approximate surface area is 166 Å². The van der Waals surface area contributed by atoms with Gasteiger partial charge in [0, 0.05) is 48.9 Å². The van der Waals surface area contributed by atoms with Gasteiger partial charge in [-0.1, -0.05) is 30.3 Å². The van der Waals surface area contributed by atoms with Crippen molar-refractivity contribution in [2.24, 2.45) is 0 Å². The Balaban J connectivity index is 1.36. The van der Waals surface area contributed by atoms with Crippen molar-refractivity contribution in [2.45, 2.75) is 17.1 Å². The smallest absolute Gasteiger partial charge is 0.251 e. The molecule has 1 amide bonds. The first-order valence-electron chi connectivity index (χ1n) is 9.66. The predicted molar refractivity (Wildman–Crippen MR) is 113 cm³/mol. The SMILES string of the molecule is CN1CCN(CCCNC(=O)c2ccc(CSc3ccccc3)cc2)CC1. The average Bonchev–Trinajstić information content (AvgIpc) is 2.72. The minimum absolute atomic E-state index is 0.0237. The standard InChI is InChI=1S/C22H29N3OS/c1-24-14-16-25(17-15-24)13-5-12-23-22(26)20-10-8-19(9-11-20)18-27-21-6-3-2-4-7-21/h2-4,6-11H,5,12-18H2,1H3,(H,23,26). The van der Waals surface area contributed by atoms with Gasteiger partial charge in [-0.3, -0.25) is 4.79 Å². The van der Waals surface area contributed by atoms with E-state index in [9.17, 15) is 4.79 Å². The molecule has 0 aliphatic carbocycles.